The van der Waals surface area contributed by atoms with Crippen LogP contribution in [0.15, 0.2) is 53.5 Å². The lowest BCUT2D eigenvalue weighted by Crippen LogP contribution is -2.25. The van der Waals surface area contributed by atoms with E-state index in [9.17, 15) is 14.4 Å². The molecule has 2 aromatic carbocycles. The van der Waals surface area contributed by atoms with E-state index in [1.54, 1.807) is 6.07 Å². The third-order valence-corrected chi connectivity index (χ3v) is 7.61. The maximum Gasteiger partial charge on any atom is 0.309 e. The number of rotatable bonds is 8. The SMILES string of the molecule is C#CC(=O)n1cc(-c2cc(NSCC)ccc2Oc2c(C)cccc2C)c2cc(C(=O)NCC)sc2c1=O. The van der Waals surface area contributed by atoms with Gasteiger partial charge in [0, 0.05) is 40.7 Å². The van der Waals surface area contributed by atoms with E-state index in [-0.39, 0.29) is 10.6 Å². The number of aromatic nitrogens is 1. The van der Waals surface area contributed by atoms with Crippen LogP contribution in [-0.2, 0) is 0 Å². The first kappa shape index (κ1) is 27.0. The molecule has 0 saturated carbocycles. The van der Waals surface area contributed by atoms with Gasteiger partial charge in [-0.3, -0.25) is 14.4 Å². The molecule has 1 amide bonds. The third kappa shape index (κ3) is 5.32. The Balaban J connectivity index is 2.02. The summed E-state index contributed by atoms with van der Waals surface area (Å²) in [6, 6.07) is 13.2. The second kappa shape index (κ2) is 11.6. The second-order valence-corrected chi connectivity index (χ2v) is 10.6. The van der Waals surface area contributed by atoms with E-state index in [4.69, 9.17) is 11.2 Å². The molecule has 9 heteroatoms. The number of aryl methyl sites for hydroxylation is 2. The van der Waals surface area contributed by atoms with Crippen LogP contribution >= 0.6 is 23.3 Å². The van der Waals surface area contributed by atoms with Gasteiger partial charge >= 0.3 is 5.91 Å². The molecular weight excluding hydrogens is 518 g/mol. The number of terminal acetylenes is 1. The van der Waals surface area contributed by atoms with E-state index >= 15 is 0 Å². The summed E-state index contributed by atoms with van der Waals surface area (Å²) in [5.41, 5.74) is 3.35. The van der Waals surface area contributed by atoms with Crippen molar-refractivity contribution >= 4 is 50.9 Å². The van der Waals surface area contributed by atoms with Crippen molar-refractivity contribution in [1.82, 2.24) is 9.88 Å². The van der Waals surface area contributed by atoms with Gasteiger partial charge in [0.05, 0.1) is 4.88 Å². The molecule has 2 aromatic heterocycles. The zero-order valence-electron chi connectivity index (χ0n) is 21.5. The summed E-state index contributed by atoms with van der Waals surface area (Å²) in [5.74, 6) is 3.03. The molecule has 7 nitrogen and oxygen atoms in total. The van der Waals surface area contributed by atoms with Gasteiger partial charge in [0.1, 0.15) is 16.2 Å². The zero-order valence-corrected chi connectivity index (χ0v) is 23.1. The Hall–Kier alpha value is -4.00. The fourth-order valence-electron chi connectivity index (χ4n) is 4.03. The molecule has 38 heavy (non-hydrogen) atoms. The number of carbonyl (C=O) groups is 2. The molecule has 2 heterocycles. The Morgan fingerprint density at radius 1 is 1.11 bits per heavy atom. The summed E-state index contributed by atoms with van der Waals surface area (Å²) in [4.78, 5) is 38.9. The van der Waals surface area contributed by atoms with E-state index in [1.165, 1.54) is 18.1 Å². The molecular formula is C29H27N3O4S2. The highest BCUT2D eigenvalue weighted by molar-refractivity contribution is 8.00. The minimum Gasteiger partial charge on any atom is -0.456 e. The Morgan fingerprint density at radius 2 is 1.84 bits per heavy atom. The molecule has 0 atom stereocenters. The summed E-state index contributed by atoms with van der Waals surface area (Å²) >= 11 is 2.56. The van der Waals surface area contributed by atoms with E-state index in [0.717, 1.165) is 44.2 Å². The molecule has 0 radical (unpaired) electrons. The molecule has 4 rings (SSSR count). The lowest BCUT2D eigenvalue weighted by molar-refractivity contribution is 0.0956. The summed E-state index contributed by atoms with van der Waals surface area (Å²) in [6.45, 7) is 8.24. The van der Waals surface area contributed by atoms with Crippen molar-refractivity contribution < 1.29 is 14.3 Å². The molecule has 0 fully saturated rings. The Bertz CT molecular complexity index is 1630. The zero-order chi connectivity index (χ0) is 27.4. The maximum absolute atomic E-state index is 13.3. The molecule has 194 valence electrons. The first-order valence-electron chi connectivity index (χ1n) is 12.0. The largest absolute Gasteiger partial charge is 0.456 e. The van der Waals surface area contributed by atoms with Gasteiger partial charge in [0.2, 0.25) is 0 Å². The van der Waals surface area contributed by atoms with Crippen LogP contribution < -0.4 is 20.3 Å². The Morgan fingerprint density at radius 3 is 2.50 bits per heavy atom. The first-order valence-corrected chi connectivity index (χ1v) is 13.8. The highest BCUT2D eigenvalue weighted by atomic mass is 32.2. The van der Waals surface area contributed by atoms with E-state index in [1.807, 2.05) is 70.0 Å². The fraction of sp³-hybridized carbons (Fsp3) is 0.207. The number of para-hydroxylation sites is 1. The number of nitrogens with zero attached hydrogens (tertiary/aromatic N) is 1. The molecule has 0 bridgehead atoms. The van der Waals surface area contributed by atoms with Gasteiger partial charge in [-0.25, -0.2) is 4.57 Å². The van der Waals surface area contributed by atoms with E-state index in [2.05, 4.69) is 10.0 Å². The van der Waals surface area contributed by atoms with E-state index in [0.29, 0.717) is 33.7 Å². The van der Waals surface area contributed by atoms with Crippen molar-refractivity contribution in [2.75, 3.05) is 17.0 Å². The van der Waals surface area contributed by atoms with Crippen molar-refractivity contribution in [3.8, 4) is 35.0 Å². The van der Waals surface area contributed by atoms with Crippen LogP contribution in [0.4, 0.5) is 5.69 Å². The normalized spacial score (nSPS) is 10.7. The summed E-state index contributed by atoms with van der Waals surface area (Å²) < 4.78 is 10.9. The van der Waals surface area contributed by atoms with Gasteiger partial charge in [0.15, 0.2) is 0 Å². The van der Waals surface area contributed by atoms with Gasteiger partial charge in [-0.2, -0.15) is 0 Å². The molecule has 0 aliphatic heterocycles. The molecule has 0 aliphatic rings. The minimum absolute atomic E-state index is 0.256. The number of carbonyl (C=O) groups excluding carboxylic acids is 2. The number of benzene rings is 2. The van der Waals surface area contributed by atoms with Crippen LogP contribution in [0, 0.1) is 26.2 Å². The number of fused-ring (bicyclic) bond motifs is 1. The average molecular weight is 546 g/mol. The van der Waals surface area contributed by atoms with Crippen molar-refractivity contribution in [3.05, 3.63) is 75.0 Å². The quantitative estimate of drug-likeness (QED) is 0.201. The predicted octanol–water partition coefficient (Wildman–Crippen LogP) is 6.24. The number of pyridine rings is 1. The number of hydrogen-bond donors (Lipinski definition) is 2. The number of amides is 1. The Labute approximate surface area is 229 Å². The summed E-state index contributed by atoms with van der Waals surface area (Å²) in [7, 11) is 0. The van der Waals surface area contributed by atoms with Crippen molar-refractivity contribution in [3.63, 3.8) is 0 Å². The molecule has 0 saturated heterocycles. The van der Waals surface area contributed by atoms with Gasteiger partial charge < -0.3 is 14.8 Å². The molecule has 4 aromatic rings. The van der Waals surface area contributed by atoms with Crippen LogP contribution in [0.1, 0.15) is 39.4 Å². The van der Waals surface area contributed by atoms with Crippen molar-refractivity contribution in [2.24, 2.45) is 0 Å². The topological polar surface area (TPSA) is 89.4 Å². The minimum atomic E-state index is -0.792. The van der Waals surface area contributed by atoms with Crippen LogP contribution in [0.25, 0.3) is 21.2 Å². The maximum atomic E-state index is 13.3. The van der Waals surface area contributed by atoms with Gasteiger partial charge in [0.25, 0.3) is 11.5 Å². The first-order chi connectivity index (χ1) is 18.3. The van der Waals surface area contributed by atoms with Gasteiger partial charge in [-0.15, -0.1) is 17.8 Å². The van der Waals surface area contributed by atoms with Crippen LogP contribution in [0.3, 0.4) is 0 Å². The smallest absolute Gasteiger partial charge is 0.309 e. The third-order valence-electron chi connectivity index (χ3n) is 5.82. The standard InChI is InChI=1S/C29H27N3O4S2/c1-6-25(33)32-16-22(21-15-24(28(34)30-7-2)38-27(21)29(32)35)20-14-19(31-37-8-3)12-13-23(20)36-26-17(4)10-9-11-18(26)5/h1,9-16,31H,7-8H2,2-5H3,(H,30,34). The second-order valence-electron chi connectivity index (χ2n) is 8.45. The fourth-order valence-corrected chi connectivity index (χ4v) is 5.49. The summed E-state index contributed by atoms with van der Waals surface area (Å²) in [5, 5.41) is 3.30. The monoisotopic (exact) mass is 545 g/mol. The molecule has 2 N–H and O–H groups in total. The predicted molar refractivity (Wildman–Crippen MR) is 157 cm³/mol. The van der Waals surface area contributed by atoms with Crippen LogP contribution in [-0.4, -0.2) is 28.7 Å². The van der Waals surface area contributed by atoms with Gasteiger partial charge in [-0.1, -0.05) is 37.1 Å². The average Bonchev–Trinajstić information content (AvgIpc) is 3.36. The number of ether oxygens (including phenoxy) is 1. The lowest BCUT2D eigenvalue weighted by Gasteiger charge is -2.17. The highest BCUT2D eigenvalue weighted by Crippen LogP contribution is 2.41. The number of hydrogen-bond acceptors (Lipinski definition) is 7. The van der Waals surface area contributed by atoms with Crippen molar-refractivity contribution in [2.45, 2.75) is 27.7 Å². The van der Waals surface area contributed by atoms with Crippen LogP contribution in [0.2, 0.25) is 0 Å². The molecule has 0 unspecified atom stereocenters. The Kier molecular flexibility index (Phi) is 8.25. The summed E-state index contributed by atoms with van der Waals surface area (Å²) in [6.07, 6.45) is 6.82. The van der Waals surface area contributed by atoms with Crippen molar-refractivity contribution in [1.29, 1.82) is 0 Å². The molecule has 0 aliphatic carbocycles. The molecule has 0 spiro atoms. The number of anilines is 1. The number of nitrogens with one attached hydrogen (secondary N) is 2. The highest BCUT2D eigenvalue weighted by Gasteiger charge is 2.22. The van der Waals surface area contributed by atoms with E-state index < -0.39 is 11.5 Å². The number of thiophene rings is 1. The van der Waals surface area contributed by atoms with Gasteiger partial charge in [-0.05, 0) is 62.1 Å². The lowest BCUT2D eigenvalue weighted by atomic mass is 10.0. The van der Waals surface area contributed by atoms with Crippen LogP contribution in [0.5, 0.6) is 11.5 Å².